The molecule has 2 fully saturated rings. The van der Waals surface area contributed by atoms with Crippen LogP contribution in [0.15, 0.2) is 52.5 Å². The molecule has 0 aliphatic carbocycles. The number of phenolic OH excluding ortho intramolecular Hbond substituents is 1. The van der Waals surface area contributed by atoms with Gasteiger partial charge in [-0.2, -0.15) is 0 Å². The van der Waals surface area contributed by atoms with Gasteiger partial charge < -0.3 is 24.6 Å². The van der Waals surface area contributed by atoms with Gasteiger partial charge in [-0.15, -0.1) is 0 Å². The molecule has 2 aliphatic rings. The lowest BCUT2D eigenvalue weighted by atomic mass is 9.95. The molecule has 180 valence electrons. The van der Waals surface area contributed by atoms with Gasteiger partial charge in [0.15, 0.2) is 11.5 Å². The molecule has 0 unspecified atom stereocenters. The van der Waals surface area contributed by atoms with Crippen molar-refractivity contribution in [1.29, 1.82) is 0 Å². The summed E-state index contributed by atoms with van der Waals surface area (Å²) in [5.41, 5.74) is 1.02. The molecule has 0 bridgehead atoms. The van der Waals surface area contributed by atoms with E-state index in [1.165, 1.54) is 11.0 Å². The van der Waals surface area contributed by atoms with Gasteiger partial charge >= 0.3 is 0 Å². The molecule has 2 aromatic carbocycles. The van der Waals surface area contributed by atoms with Crippen molar-refractivity contribution in [2.75, 3.05) is 46.0 Å². The molecule has 2 aliphatic heterocycles. The number of morpholine rings is 1. The van der Waals surface area contributed by atoms with Crippen LogP contribution in [0.4, 0.5) is 0 Å². The van der Waals surface area contributed by atoms with Crippen LogP contribution in [0.5, 0.6) is 11.5 Å². The number of Topliss-reactive ketones (excluding diaryl/α,β-unsaturated/α-hetero) is 1. The van der Waals surface area contributed by atoms with Gasteiger partial charge in [0.1, 0.15) is 5.76 Å². The summed E-state index contributed by atoms with van der Waals surface area (Å²) in [6.07, 6.45) is 0. The second kappa shape index (κ2) is 10.6. The fourth-order valence-electron chi connectivity index (χ4n) is 4.27. The Bertz CT molecular complexity index is 1100. The molecule has 2 heterocycles. The molecule has 0 radical (unpaired) electrons. The maximum atomic E-state index is 13.2. The van der Waals surface area contributed by atoms with Crippen LogP contribution in [-0.2, 0) is 14.3 Å². The van der Waals surface area contributed by atoms with Crippen LogP contribution in [0.25, 0.3) is 5.76 Å². The fraction of sp³-hybridized carbons (Fsp3) is 0.360. The number of nitrogens with zero attached hydrogens (tertiary/aromatic N) is 2. The van der Waals surface area contributed by atoms with Crippen LogP contribution in [0.2, 0.25) is 0 Å². The quantitative estimate of drug-likeness (QED) is 0.321. The predicted molar refractivity (Wildman–Crippen MR) is 130 cm³/mol. The van der Waals surface area contributed by atoms with Gasteiger partial charge in [-0.05, 0) is 36.8 Å². The number of aliphatic hydroxyl groups is 1. The molecule has 4 rings (SSSR count). The average Bonchev–Trinajstić information content (AvgIpc) is 3.10. The topological polar surface area (TPSA) is 99.5 Å². The fourth-order valence-corrected chi connectivity index (χ4v) is 4.53. The molecular formula is C25H27BrN2O6. The maximum Gasteiger partial charge on any atom is 0.295 e. The van der Waals surface area contributed by atoms with Gasteiger partial charge in [0.25, 0.3) is 11.7 Å². The summed E-state index contributed by atoms with van der Waals surface area (Å²) in [6, 6.07) is 10.8. The standard InChI is InChI=1S/C25H27BrN2O6/c1-2-34-20-15-17(5-8-19(20)29)22-21(23(30)16-3-6-18(26)7-4-16)24(31)25(32)28(22)10-9-27-11-13-33-14-12-27/h3-8,15,22,29-30H,2,9-14H2,1H3/t22-/m1/s1. The number of amides is 1. The molecule has 0 saturated carbocycles. The number of ketones is 1. The third-order valence-electron chi connectivity index (χ3n) is 6.02. The Kier molecular flexibility index (Phi) is 7.55. The Morgan fingerprint density at radius 3 is 2.50 bits per heavy atom. The number of aliphatic hydroxyl groups excluding tert-OH is 1. The van der Waals surface area contributed by atoms with Crippen molar-refractivity contribution in [2.45, 2.75) is 13.0 Å². The number of benzene rings is 2. The zero-order valence-electron chi connectivity index (χ0n) is 18.9. The lowest BCUT2D eigenvalue weighted by Crippen LogP contribution is -2.42. The SMILES string of the molecule is CCOc1cc([C@@H]2C(=C(O)c3ccc(Br)cc3)C(=O)C(=O)N2CCN2CCOCC2)ccc1O. The van der Waals surface area contributed by atoms with Gasteiger partial charge in [0.05, 0.1) is 31.4 Å². The van der Waals surface area contributed by atoms with Crippen molar-refractivity contribution in [3.63, 3.8) is 0 Å². The number of carbonyl (C=O) groups is 2. The molecule has 8 nitrogen and oxygen atoms in total. The largest absolute Gasteiger partial charge is 0.507 e. The molecule has 1 atom stereocenters. The lowest BCUT2D eigenvalue weighted by molar-refractivity contribution is -0.140. The van der Waals surface area contributed by atoms with Crippen LogP contribution >= 0.6 is 15.9 Å². The van der Waals surface area contributed by atoms with E-state index in [2.05, 4.69) is 20.8 Å². The summed E-state index contributed by atoms with van der Waals surface area (Å²) in [4.78, 5) is 30.0. The van der Waals surface area contributed by atoms with Gasteiger partial charge in [-0.3, -0.25) is 14.5 Å². The molecule has 0 spiro atoms. The van der Waals surface area contributed by atoms with Gasteiger partial charge in [-0.25, -0.2) is 0 Å². The number of hydrogen-bond donors (Lipinski definition) is 2. The van der Waals surface area contributed by atoms with E-state index in [4.69, 9.17) is 9.47 Å². The Labute approximate surface area is 206 Å². The van der Waals surface area contributed by atoms with Crippen molar-refractivity contribution < 1.29 is 29.3 Å². The molecule has 2 aromatic rings. The van der Waals surface area contributed by atoms with E-state index in [9.17, 15) is 19.8 Å². The lowest BCUT2D eigenvalue weighted by Gasteiger charge is -2.31. The first-order valence-corrected chi connectivity index (χ1v) is 12.0. The Balaban J connectivity index is 1.76. The minimum atomic E-state index is -0.815. The molecule has 2 saturated heterocycles. The van der Waals surface area contributed by atoms with E-state index in [0.29, 0.717) is 44.0 Å². The van der Waals surface area contributed by atoms with E-state index in [0.717, 1.165) is 17.6 Å². The third-order valence-corrected chi connectivity index (χ3v) is 6.55. The summed E-state index contributed by atoms with van der Waals surface area (Å²) < 4.78 is 11.8. The molecule has 1 amide bonds. The van der Waals surface area contributed by atoms with Crippen LogP contribution in [0.1, 0.15) is 24.1 Å². The van der Waals surface area contributed by atoms with Crippen molar-refractivity contribution in [1.82, 2.24) is 9.80 Å². The zero-order chi connectivity index (χ0) is 24.2. The van der Waals surface area contributed by atoms with Crippen LogP contribution in [-0.4, -0.2) is 77.7 Å². The number of likely N-dealkylation sites (tertiary alicyclic amines) is 1. The summed E-state index contributed by atoms with van der Waals surface area (Å²) in [6.45, 7) is 5.77. The van der Waals surface area contributed by atoms with E-state index in [1.807, 2.05) is 0 Å². The van der Waals surface area contributed by atoms with E-state index < -0.39 is 17.7 Å². The maximum absolute atomic E-state index is 13.2. The normalized spacial score (nSPS) is 20.6. The first kappa shape index (κ1) is 24.3. The number of hydrogen-bond acceptors (Lipinski definition) is 7. The Hall–Kier alpha value is -2.88. The van der Waals surface area contributed by atoms with E-state index >= 15 is 0 Å². The second-order valence-corrected chi connectivity index (χ2v) is 9.03. The van der Waals surface area contributed by atoms with Gasteiger partial charge in [0.2, 0.25) is 0 Å². The average molecular weight is 531 g/mol. The molecule has 9 heteroatoms. The van der Waals surface area contributed by atoms with Crippen molar-refractivity contribution >= 4 is 33.4 Å². The zero-order valence-corrected chi connectivity index (χ0v) is 20.5. The molecule has 0 aromatic heterocycles. The molecule has 2 N–H and O–H groups in total. The van der Waals surface area contributed by atoms with Gasteiger partial charge in [0, 0.05) is 36.2 Å². The molecule has 34 heavy (non-hydrogen) atoms. The third kappa shape index (κ3) is 4.96. The summed E-state index contributed by atoms with van der Waals surface area (Å²) in [5.74, 6) is -1.43. The minimum Gasteiger partial charge on any atom is -0.507 e. The minimum absolute atomic E-state index is 0.0161. The monoisotopic (exact) mass is 530 g/mol. The van der Waals surface area contributed by atoms with Crippen molar-refractivity contribution in [2.24, 2.45) is 0 Å². The highest BCUT2D eigenvalue weighted by atomic mass is 79.9. The number of carbonyl (C=O) groups excluding carboxylic acids is 2. The number of halogens is 1. The second-order valence-electron chi connectivity index (χ2n) is 8.11. The van der Waals surface area contributed by atoms with Crippen LogP contribution < -0.4 is 4.74 Å². The highest BCUT2D eigenvalue weighted by Gasteiger charge is 2.46. The van der Waals surface area contributed by atoms with E-state index in [1.54, 1.807) is 43.3 Å². The summed E-state index contributed by atoms with van der Waals surface area (Å²) in [7, 11) is 0. The number of ether oxygens (including phenoxy) is 2. The van der Waals surface area contributed by atoms with Crippen molar-refractivity contribution in [3.05, 3.63) is 63.6 Å². The van der Waals surface area contributed by atoms with Crippen molar-refractivity contribution in [3.8, 4) is 11.5 Å². The first-order valence-electron chi connectivity index (χ1n) is 11.2. The highest BCUT2D eigenvalue weighted by molar-refractivity contribution is 9.10. The number of rotatable bonds is 7. The highest BCUT2D eigenvalue weighted by Crippen LogP contribution is 2.41. The van der Waals surface area contributed by atoms with Crippen LogP contribution in [0, 0.1) is 0 Å². The molecular weight excluding hydrogens is 504 g/mol. The van der Waals surface area contributed by atoms with E-state index in [-0.39, 0.29) is 22.8 Å². The number of aromatic hydroxyl groups is 1. The van der Waals surface area contributed by atoms with Crippen LogP contribution in [0.3, 0.4) is 0 Å². The summed E-state index contributed by atoms with van der Waals surface area (Å²) in [5, 5.41) is 21.3. The Morgan fingerprint density at radius 2 is 1.82 bits per heavy atom. The first-order chi connectivity index (χ1) is 16.4. The smallest absolute Gasteiger partial charge is 0.295 e. The number of phenols is 1. The Morgan fingerprint density at radius 1 is 1.12 bits per heavy atom. The van der Waals surface area contributed by atoms with Gasteiger partial charge in [-0.1, -0.05) is 34.1 Å². The predicted octanol–water partition coefficient (Wildman–Crippen LogP) is 3.31. The summed E-state index contributed by atoms with van der Waals surface area (Å²) >= 11 is 3.37.